The van der Waals surface area contributed by atoms with Crippen LogP contribution in [0.5, 0.6) is 11.5 Å². The Bertz CT molecular complexity index is 975. The maximum Gasteiger partial charge on any atom is 0.257 e. The summed E-state index contributed by atoms with van der Waals surface area (Å²) in [7, 11) is 2.89. The monoisotopic (exact) mass is 368 g/mol. The van der Waals surface area contributed by atoms with Crippen molar-refractivity contribution in [3.8, 4) is 11.5 Å². The molecule has 0 fully saturated rings. The van der Waals surface area contributed by atoms with Crippen LogP contribution in [0.15, 0.2) is 24.3 Å². The van der Waals surface area contributed by atoms with Crippen molar-refractivity contribution in [1.82, 2.24) is 4.98 Å². The topological polar surface area (TPSA) is 60.5 Å². The van der Waals surface area contributed by atoms with Crippen LogP contribution >= 0.6 is 11.3 Å². The molecule has 1 aromatic heterocycles. The number of methoxy groups -OCH3 is 2. The molecule has 0 saturated heterocycles. The van der Waals surface area contributed by atoms with E-state index in [0.717, 1.165) is 17.4 Å². The normalized spacial score (nSPS) is 10.8. The number of benzene rings is 2. The number of amides is 1. The van der Waals surface area contributed by atoms with Crippen LogP contribution < -0.4 is 14.8 Å². The van der Waals surface area contributed by atoms with Crippen LogP contribution in [-0.4, -0.2) is 25.1 Å². The fourth-order valence-electron chi connectivity index (χ4n) is 2.17. The van der Waals surface area contributed by atoms with Gasteiger partial charge in [-0.25, -0.2) is 18.2 Å². The molecule has 5 nitrogen and oxygen atoms in total. The van der Waals surface area contributed by atoms with Crippen molar-refractivity contribution in [3.05, 3.63) is 47.3 Å². The van der Waals surface area contributed by atoms with Crippen LogP contribution in [0.4, 0.5) is 18.3 Å². The number of rotatable bonds is 4. The number of fused-ring (bicyclic) bond motifs is 1. The lowest BCUT2D eigenvalue weighted by atomic mass is 10.2. The van der Waals surface area contributed by atoms with Gasteiger partial charge in [0.2, 0.25) is 0 Å². The highest BCUT2D eigenvalue weighted by atomic mass is 32.1. The van der Waals surface area contributed by atoms with E-state index >= 15 is 0 Å². The summed E-state index contributed by atoms with van der Waals surface area (Å²) in [5.41, 5.74) is -0.0961. The Morgan fingerprint density at radius 2 is 1.80 bits per heavy atom. The van der Waals surface area contributed by atoms with E-state index < -0.39 is 23.4 Å². The summed E-state index contributed by atoms with van der Waals surface area (Å²) in [6.45, 7) is 0. The van der Waals surface area contributed by atoms with E-state index in [4.69, 9.17) is 9.47 Å². The second-order valence-corrected chi connectivity index (χ2v) is 5.91. The molecule has 1 N–H and O–H groups in total. The number of thiazole rings is 1. The molecule has 0 atom stereocenters. The standard InChI is InChI=1S/C16H11F3N2O3S/c1-23-9-4-3-7(5-10(9)24-2)15(22)21-16-20-14-11(25-16)6-8(17)12(18)13(14)19/h3-6H,1-2H3,(H,20,21,22). The van der Waals surface area contributed by atoms with Crippen LogP contribution in [0.2, 0.25) is 0 Å². The SMILES string of the molecule is COc1ccc(C(=O)Nc2nc3c(F)c(F)c(F)cc3s2)cc1OC. The van der Waals surface area contributed by atoms with Gasteiger partial charge in [-0.2, -0.15) is 0 Å². The Labute approximate surface area is 144 Å². The third-order valence-electron chi connectivity index (χ3n) is 3.39. The number of hydrogen-bond donors (Lipinski definition) is 1. The maximum absolute atomic E-state index is 13.7. The predicted molar refractivity (Wildman–Crippen MR) is 87.0 cm³/mol. The van der Waals surface area contributed by atoms with Gasteiger partial charge in [0.05, 0.1) is 18.9 Å². The molecule has 2 aromatic carbocycles. The largest absolute Gasteiger partial charge is 0.493 e. The Balaban J connectivity index is 1.91. The fourth-order valence-corrected chi connectivity index (χ4v) is 3.06. The van der Waals surface area contributed by atoms with Crippen molar-refractivity contribution in [2.45, 2.75) is 0 Å². The Hall–Kier alpha value is -2.81. The molecule has 0 aliphatic rings. The minimum Gasteiger partial charge on any atom is -0.493 e. The van der Waals surface area contributed by atoms with Crippen molar-refractivity contribution in [2.75, 3.05) is 19.5 Å². The second-order valence-electron chi connectivity index (χ2n) is 4.88. The van der Waals surface area contributed by atoms with E-state index in [2.05, 4.69) is 10.3 Å². The van der Waals surface area contributed by atoms with Gasteiger partial charge in [0.1, 0.15) is 5.52 Å². The lowest BCUT2D eigenvalue weighted by Crippen LogP contribution is -2.11. The van der Waals surface area contributed by atoms with Crippen molar-refractivity contribution in [2.24, 2.45) is 0 Å². The first-order valence-electron chi connectivity index (χ1n) is 6.92. The molecule has 9 heteroatoms. The van der Waals surface area contributed by atoms with E-state index in [1.54, 1.807) is 6.07 Å². The van der Waals surface area contributed by atoms with Crippen LogP contribution in [0, 0.1) is 17.5 Å². The predicted octanol–water partition coefficient (Wildman–Crippen LogP) is 3.98. The summed E-state index contributed by atoms with van der Waals surface area (Å²) in [5.74, 6) is -4.04. The van der Waals surface area contributed by atoms with Crippen molar-refractivity contribution in [3.63, 3.8) is 0 Å². The Morgan fingerprint density at radius 3 is 2.48 bits per heavy atom. The van der Waals surface area contributed by atoms with Crippen LogP contribution in [-0.2, 0) is 0 Å². The number of hydrogen-bond acceptors (Lipinski definition) is 5. The van der Waals surface area contributed by atoms with Gasteiger partial charge in [0.25, 0.3) is 5.91 Å². The first kappa shape index (κ1) is 17.0. The minimum absolute atomic E-state index is 0.0127. The molecule has 0 spiro atoms. The molecule has 130 valence electrons. The first-order chi connectivity index (χ1) is 11.9. The van der Waals surface area contributed by atoms with Crippen molar-refractivity contribution in [1.29, 1.82) is 0 Å². The number of carbonyl (C=O) groups is 1. The van der Waals surface area contributed by atoms with Gasteiger partial charge in [-0.1, -0.05) is 11.3 Å². The molecule has 0 aliphatic heterocycles. The van der Waals surface area contributed by atoms with E-state index in [-0.39, 0.29) is 20.9 Å². The van der Waals surface area contributed by atoms with Gasteiger partial charge in [0, 0.05) is 5.56 Å². The zero-order valence-corrected chi connectivity index (χ0v) is 13.8. The number of anilines is 1. The van der Waals surface area contributed by atoms with E-state index in [9.17, 15) is 18.0 Å². The highest BCUT2D eigenvalue weighted by Crippen LogP contribution is 2.31. The van der Waals surface area contributed by atoms with Gasteiger partial charge in [0.15, 0.2) is 34.1 Å². The summed E-state index contributed by atoms with van der Waals surface area (Å²) in [5, 5.41) is 2.48. The highest BCUT2D eigenvalue weighted by molar-refractivity contribution is 7.22. The van der Waals surface area contributed by atoms with Gasteiger partial charge in [-0.05, 0) is 24.3 Å². The average molecular weight is 368 g/mol. The molecular weight excluding hydrogens is 357 g/mol. The summed E-state index contributed by atoms with van der Waals surface area (Å²) < 4.78 is 50.5. The van der Waals surface area contributed by atoms with Crippen LogP contribution in [0.3, 0.4) is 0 Å². The molecule has 3 rings (SSSR count). The third kappa shape index (κ3) is 3.10. The highest BCUT2D eigenvalue weighted by Gasteiger charge is 2.19. The molecule has 25 heavy (non-hydrogen) atoms. The van der Waals surface area contributed by atoms with Crippen molar-refractivity contribution < 1.29 is 27.4 Å². The zero-order chi connectivity index (χ0) is 18.1. The van der Waals surface area contributed by atoms with Crippen LogP contribution in [0.25, 0.3) is 10.2 Å². The maximum atomic E-state index is 13.7. The smallest absolute Gasteiger partial charge is 0.257 e. The third-order valence-corrected chi connectivity index (χ3v) is 4.31. The van der Waals surface area contributed by atoms with E-state index in [1.807, 2.05) is 0 Å². The van der Waals surface area contributed by atoms with E-state index in [1.165, 1.54) is 26.4 Å². The number of ether oxygens (including phenoxy) is 2. The van der Waals surface area contributed by atoms with Crippen LogP contribution in [0.1, 0.15) is 10.4 Å². The first-order valence-corrected chi connectivity index (χ1v) is 7.73. The number of nitrogens with one attached hydrogen (secondary N) is 1. The van der Waals surface area contributed by atoms with Crippen molar-refractivity contribution >= 4 is 32.6 Å². The second kappa shape index (κ2) is 6.60. The molecular formula is C16H11F3N2O3S. The summed E-state index contributed by atoms with van der Waals surface area (Å²) in [6, 6.07) is 5.35. The number of carbonyl (C=O) groups excluding carboxylic acids is 1. The lowest BCUT2D eigenvalue weighted by Gasteiger charge is -2.09. The molecule has 0 unspecified atom stereocenters. The van der Waals surface area contributed by atoms with Gasteiger partial charge in [-0.15, -0.1) is 0 Å². The summed E-state index contributed by atoms with van der Waals surface area (Å²) in [6.07, 6.45) is 0. The molecule has 0 aliphatic carbocycles. The minimum atomic E-state index is -1.60. The van der Waals surface area contributed by atoms with Gasteiger partial charge in [-0.3, -0.25) is 10.1 Å². The summed E-state index contributed by atoms with van der Waals surface area (Å²) >= 11 is 0.829. The van der Waals surface area contributed by atoms with E-state index in [0.29, 0.717) is 11.5 Å². The number of halogens is 3. The average Bonchev–Trinajstić information content (AvgIpc) is 3.01. The Morgan fingerprint density at radius 1 is 1.08 bits per heavy atom. The molecule has 0 bridgehead atoms. The molecule has 1 heterocycles. The molecule has 0 saturated carbocycles. The number of nitrogens with zero attached hydrogens (tertiary/aromatic N) is 1. The van der Waals surface area contributed by atoms with Gasteiger partial charge < -0.3 is 9.47 Å². The Kier molecular flexibility index (Phi) is 4.49. The summed E-state index contributed by atoms with van der Waals surface area (Å²) in [4.78, 5) is 16.1. The lowest BCUT2D eigenvalue weighted by molar-refractivity contribution is 0.102. The molecule has 0 radical (unpaired) electrons. The molecule has 1 amide bonds. The zero-order valence-electron chi connectivity index (χ0n) is 13.0. The van der Waals surface area contributed by atoms with Gasteiger partial charge >= 0.3 is 0 Å². The molecule has 3 aromatic rings. The number of aromatic nitrogens is 1. The fraction of sp³-hybridized carbons (Fsp3) is 0.125. The quantitative estimate of drug-likeness (QED) is 0.708.